The number of hydrogen-bond acceptors (Lipinski definition) is 4. The van der Waals surface area contributed by atoms with E-state index in [1.54, 1.807) is 17.0 Å². The number of nitrogens with two attached hydrogens (primary N) is 1. The van der Waals surface area contributed by atoms with Crippen LogP contribution in [0, 0.1) is 6.92 Å². The second kappa shape index (κ2) is 5.59. The van der Waals surface area contributed by atoms with E-state index in [4.69, 9.17) is 10.5 Å². The molecule has 5 heteroatoms. The second-order valence-electron chi connectivity index (χ2n) is 5.04. The van der Waals surface area contributed by atoms with E-state index < -0.39 is 0 Å². The van der Waals surface area contributed by atoms with Crippen molar-refractivity contribution in [1.29, 1.82) is 0 Å². The van der Waals surface area contributed by atoms with Gasteiger partial charge in [0.05, 0.1) is 18.8 Å². The highest BCUT2D eigenvalue weighted by molar-refractivity contribution is 5.96. The minimum atomic E-state index is -0.311. The van der Waals surface area contributed by atoms with Crippen molar-refractivity contribution in [3.8, 4) is 0 Å². The molecule has 3 N–H and O–H groups in total. The smallest absolute Gasteiger partial charge is 0.254 e. The van der Waals surface area contributed by atoms with E-state index in [0.29, 0.717) is 24.3 Å². The SMILES string of the molecule is Cc1ccc(N)cc1C(=O)N1CC(C)OC(CO)C1. The summed E-state index contributed by atoms with van der Waals surface area (Å²) in [7, 11) is 0. The molecular weight excluding hydrogens is 244 g/mol. The normalized spacial score (nSPS) is 23.4. The number of aliphatic hydroxyl groups is 1. The van der Waals surface area contributed by atoms with E-state index >= 15 is 0 Å². The van der Waals surface area contributed by atoms with Crippen LogP contribution in [0.1, 0.15) is 22.8 Å². The summed E-state index contributed by atoms with van der Waals surface area (Å²) < 4.78 is 5.54. The van der Waals surface area contributed by atoms with E-state index in [1.807, 2.05) is 19.9 Å². The molecule has 0 aliphatic carbocycles. The van der Waals surface area contributed by atoms with Gasteiger partial charge in [0.15, 0.2) is 0 Å². The third-order valence-electron chi connectivity index (χ3n) is 3.31. The van der Waals surface area contributed by atoms with Crippen LogP contribution < -0.4 is 5.73 Å². The van der Waals surface area contributed by atoms with Crippen molar-refractivity contribution >= 4 is 11.6 Å². The van der Waals surface area contributed by atoms with Crippen molar-refractivity contribution < 1.29 is 14.6 Å². The number of morpholine rings is 1. The molecule has 2 unspecified atom stereocenters. The molecule has 1 heterocycles. The molecule has 1 aliphatic rings. The zero-order chi connectivity index (χ0) is 14.0. The number of carbonyl (C=O) groups is 1. The molecule has 1 aromatic rings. The van der Waals surface area contributed by atoms with Crippen LogP contribution in [0.3, 0.4) is 0 Å². The van der Waals surface area contributed by atoms with Crippen LogP contribution >= 0.6 is 0 Å². The molecule has 104 valence electrons. The molecule has 1 amide bonds. The number of amides is 1. The Labute approximate surface area is 113 Å². The number of nitrogens with zero attached hydrogens (tertiary/aromatic N) is 1. The standard InChI is InChI=1S/C14H20N2O3/c1-9-3-4-11(15)5-13(9)14(18)16-6-10(2)19-12(7-16)8-17/h3-5,10,12,17H,6-8,15H2,1-2H3. The van der Waals surface area contributed by atoms with Crippen molar-refractivity contribution in [2.24, 2.45) is 0 Å². The first-order valence-electron chi connectivity index (χ1n) is 6.43. The highest BCUT2D eigenvalue weighted by Crippen LogP contribution is 2.18. The van der Waals surface area contributed by atoms with Crippen molar-refractivity contribution in [2.45, 2.75) is 26.1 Å². The van der Waals surface area contributed by atoms with Gasteiger partial charge in [0.25, 0.3) is 5.91 Å². The quantitative estimate of drug-likeness (QED) is 0.775. The van der Waals surface area contributed by atoms with Crippen LogP contribution in [0.4, 0.5) is 5.69 Å². The van der Waals surface area contributed by atoms with Gasteiger partial charge in [-0.15, -0.1) is 0 Å². The molecule has 1 aromatic carbocycles. The van der Waals surface area contributed by atoms with E-state index in [2.05, 4.69) is 0 Å². The summed E-state index contributed by atoms with van der Waals surface area (Å²) in [6, 6.07) is 5.33. The van der Waals surface area contributed by atoms with Crippen molar-refractivity contribution in [3.05, 3.63) is 29.3 Å². The average Bonchev–Trinajstić information content (AvgIpc) is 2.40. The number of nitrogen functional groups attached to an aromatic ring is 1. The molecule has 0 saturated carbocycles. The average molecular weight is 264 g/mol. The third-order valence-corrected chi connectivity index (χ3v) is 3.31. The number of aryl methyl sites for hydroxylation is 1. The number of hydrogen-bond donors (Lipinski definition) is 2. The van der Waals surface area contributed by atoms with E-state index in [1.165, 1.54) is 0 Å². The molecule has 2 rings (SSSR count). The maximum Gasteiger partial charge on any atom is 0.254 e. The van der Waals surface area contributed by atoms with Gasteiger partial charge in [-0.1, -0.05) is 6.07 Å². The number of rotatable bonds is 2. The van der Waals surface area contributed by atoms with Crippen molar-refractivity contribution in [1.82, 2.24) is 4.90 Å². The van der Waals surface area contributed by atoms with E-state index in [-0.39, 0.29) is 24.7 Å². The molecule has 19 heavy (non-hydrogen) atoms. The summed E-state index contributed by atoms with van der Waals surface area (Å²) in [5, 5.41) is 9.19. The lowest BCUT2D eigenvalue weighted by Gasteiger charge is -2.36. The summed E-state index contributed by atoms with van der Waals surface area (Å²) in [5.74, 6) is -0.0570. The van der Waals surface area contributed by atoms with E-state index in [0.717, 1.165) is 5.56 Å². The molecular formula is C14H20N2O3. The lowest BCUT2D eigenvalue weighted by Crippen LogP contribution is -2.50. The molecule has 5 nitrogen and oxygen atoms in total. The fraction of sp³-hybridized carbons (Fsp3) is 0.500. The number of anilines is 1. The highest BCUT2D eigenvalue weighted by atomic mass is 16.5. The summed E-state index contributed by atoms with van der Waals surface area (Å²) in [5.41, 5.74) is 7.84. The Morgan fingerprint density at radius 3 is 2.95 bits per heavy atom. The van der Waals surface area contributed by atoms with Crippen LogP contribution in [0.5, 0.6) is 0 Å². The molecule has 0 radical (unpaired) electrons. The summed E-state index contributed by atoms with van der Waals surface area (Å²) in [4.78, 5) is 14.2. The number of carbonyl (C=O) groups excluding carboxylic acids is 1. The van der Waals surface area contributed by atoms with Crippen molar-refractivity contribution in [3.63, 3.8) is 0 Å². The lowest BCUT2D eigenvalue weighted by atomic mass is 10.1. The van der Waals surface area contributed by atoms with E-state index in [9.17, 15) is 9.90 Å². The van der Waals surface area contributed by atoms with Gasteiger partial charge in [0.1, 0.15) is 0 Å². The maximum atomic E-state index is 12.5. The third kappa shape index (κ3) is 3.05. The van der Waals surface area contributed by atoms with Gasteiger partial charge in [-0.05, 0) is 31.5 Å². The number of aliphatic hydroxyl groups excluding tert-OH is 1. The first-order chi connectivity index (χ1) is 9.01. The Hall–Kier alpha value is -1.59. The zero-order valence-corrected chi connectivity index (χ0v) is 11.3. The molecule has 1 aliphatic heterocycles. The van der Waals surface area contributed by atoms with Gasteiger partial charge in [-0.2, -0.15) is 0 Å². The number of ether oxygens (including phenoxy) is 1. The topological polar surface area (TPSA) is 75.8 Å². The minimum Gasteiger partial charge on any atom is -0.399 e. The van der Waals surface area contributed by atoms with Gasteiger partial charge in [-0.25, -0.2) is 0 Å². The minimum absolute atomic E-state index is 0.0570. The molecule has 0 bridgehead atoms. The van der Waals surface area contributed by atoms with Crippen LogP contribution in [-0.2, 0) is 4.74 Å². The fourth-order valence-corrected chi connectivity index (χ4v) is 2.35. The molecule has 2 atom stereocenters. The molecule has 1 fully saturated rings. The zero-order valence-electron chi connectivity index (χ0n) is 11.3. The predicted octanol–water partition coefficient (Wildman–Crippen LogP) is 0.799. The lowest BCUT2D eigenvalue weighted by molar-refractivity contribution is -0.0858. The van der Waals surface area contributed by atoms with Crippen LogP contribution in [0.15, 0.2) is 18.2 Å². The van der Waals surface area contributed by atoms with Crippen LogP contribution in [0.25, 0.3) is 0 Å². The molecule has 0 spiro atoms. The molecule has 0 aromatic heterocycles. The van der Waals surface area contributed by atoms with Crippen LogP contribution in [0.2, 0.25) is 0 Å². The Morgan fingerprint density at radius 2 is 2.26 bits per heavy atom. The van der Waals surface area contributed by atoms with Crippen LogP contribution in [-0.4, -0.2) is 47.8 Å². The fourth-order valence-electron chi connectivity index (χ4n) is 2.35. The second-order valence-corrected chi connectivity index (χ2v) is 5.04. The van der Waals surface area contributed by atoms with Gasteiger partial charge in [0.2, 0.25) is 0 Å². The van der Waals surface area contributed by atoms with Gasteiger partial charge >= 0.3 is 0 Å². The Bertz CT molecular complexity index is 476. The molecule has 1 saturated heterocycles. The first-order valence-corrected chi connectivity index (χ1v) is 6.43. The monoisotopic (exact) mass is 264 g/mol. The maximum absolute atomic E-state index is 12.5. The predicted molar refractivity (Wildman–Crippen MR) is 72.9 cm³/mol. The number of benzene rings is 1. The Kier molecular flexibility index (Phi) is 4.07. The van der Waals surface area contributed by atoms with Crippen molar-refractivity contribution in [2.75, 3.05) is 25.4 Å². The highest BCUT2D eigenvalue weighted by Gasteiger charge is 2.29. The van der Waals surface area contributed by atoms with Gasteiger partial charge < -0.3 is 20.5 Å². The summed E-state index contributed by atoms with van der Waals surface area (Å²) >= 11 is 0. The summed E-state index contributed by atoms with van der Waals surface area (Å²) in [6.45, 7) is 4.65. The largest absolute Gasteiger partial charge is 0.399 e. The Balaban J connectivity index is 2.21. The Morgan fingerprint density at radius 1 is 1.53 bits per heavy atom. The van der Waals surface area contributed by atoms with Gasteiger partial charge in [0, 0.05) is 24.3 Å². The van der Waals surface area contributed by atoms with Gasteiger partial charge in [-0.3, -0.25) is 4.79 Å². The summed E-state index contributed by atoms with van der Waals surface area (Å²) in [6.07, 6.45) is -0.384. The first kappa shape index (κ1) is 13.8.